The van der Waals surface area contributed by atoms with Gasteiger partial charge in [-0.25, -0.2) is 8.78 Å². The van der Waals surface area contributed by atoms with Gasteiger partial charge in [-0.2, -0.15) is 0 Å². The molecular formula is C10H8F2OS. The molecule has 0 unspecified atom stereocenters. The maximum absolute atomic E-state index is 12.4. The zero-order valence-corrected chi connectivity index (χ0v) is 8.24. The Bertz CT molecular complexity index is 437. The number of halogens is 2. The number of hydrogen-bond donors (Lipinski definition) is 1. The minimum absolute atomic E-state index is 0.00426. The third kappa shape index (κ3) is 1.35. The molecule has 2 rings (SSSR count). The number of benzene rings is 1. The molecule has 0 fully saturated rings. The first-order chi connectivity index (χ1) is 6.59. The quantitative estimate of drug-likeness (QED) is 0.764. The number of thiophene rings is 1. The van der Waals surface area contributed by atoms with Gasteiger partial charge in [0.2, 0.25) is 0 Å². The lowest BCUT2D eigenvalue weighted by atomic mass is 10.1. The fourth-order valence-corrected chi connectivity index (χ4v) is 2.37. The average Bonchev–Trinajstić information content (AvgIpc) is 2.57. The molecule has 0 bridgehead atoms. The number of aryl methyl sites for hydroxylation is 1. The summed E-state index contributed by atoms with van der Waals surface area (Å²) in [4.78, 5) is 0.00426. The van der Waals surface area contributed by atoms with Crippen LogP contribution in [0.15, 0.2) is 18.2 Å². The molecule has 0 atom stereocenters. The summed E-state index contributed by atoms with van der Waals surface area (Å²) in [5, 5.41) is 10.2. The monoisotopic (exact) mass is 214 g/mol. The molecule has 2 aromatic rings. The normalized spacial score (nSPS) is 11.4. The summed E-state index contributed by atoms with van der Waals surface area (Å²) in [6, 6.07) is 4.70. The number of aromatic hydroxyl groups is 1. The molecule has 0 radical (unpaired) electrons. The van der Waals surface area contributed by atoms with Gasteiger partial charge < -0.3 is 5.11 Å². The van der Waals surface area contributed by atoms with E-state index in [2.05, 4.69) is 0 Å². The van der Waals surface area contributed by atoms with Crippen molar-refractivity contribution >= 4 is 21.4 Å². The van der Waals surface area contributed by atoms with Crippen LogP contribution in [-0.2, 0) is 0 Å². The van der Waals surface area contributed by atoms with E-state index in [0.29, 0.717) is 10.1 Å². The number of phenols is 1. The van der Waals surface area contributed by atoms with E-state index in [4.69, 9.17) is 0 Å². The van der Waals surface area contributed by atoms with E-state index < -0.39 is 6.43 Å². The van der Waals surface area contributed by atoms with E-state index in [1.165, 1.54) is 12.1 Å². The second-order valence-electron chi connectivity index (χ2n) is 3.09. The SMILES string of the molecule is Cc1ccc(O)c2sc(C(F)F)cc12. The number of rotatable bonds is 1. The summed E-state index contributed by atoms with van der Waals surface area (Å²) in [6.45, 7) is 1.84. The molecule has 0 aliphatic carbocycles. The first-order valence-corrected chi connectivity index (χ1v) is 4.91. The molecule has 1 heterocycles. The molecule has 74 valence electrons. The Hall–Kier alpha value is -1.16. The van der Waals surface area contributed by atoms with Crippen molar-refractivity contribution in [2.45, 2.75) is 13.3 Å². The van der Waals surface area contributed by atoms with Crippen molar-refractivity contribution in [1.29, 1.82) is 0 Å². The number of alkyl halides is 2. The molecule has 1 N–H and O–H groups in total. The van der Waals surface area contributed by atoms with Crippen molar-refractivity contribution in [3.05, 3.63) is 28.6 Å². The molecule has 1 aromatic carbocycles. The van der Waals surface area contributed by atoms with Crippen LogP contribution in [0.5, 0.6) is 5.75 Å². The van der Waals surface area contributed by atoms with Crippen LogP contribution in [0.1, 0.15) is 16.9 Å². The Morgan fingerprint density at radius 1 is 1.36 bits per heavy atom. The van der Waals surface area contributed by atoms with Gasteiger partial charge in [0.25, 0.3) is 6.43 Å². The number of hydrogen-bond acceptors (Lipinski definition) is 2. The van der Waals surface area contributed by atoms with E-state index in [1.54, 1.807) is 6.07 Å². The lowest BCUT2D eigenvalue weighted by Gasteiger charge is -1.96. The largest absolute Gasteiger partial charge is 0.506 e. The van der Waals surface area contributed by atoms with Crippen molar-refractivity contribution in [2.24, 2.45) is 0 Å². The lowest BCUT2D eigenvalue weighted by Crippen LogP contribution is -1.74. The first kappa shape index (κ1) is 9.40. The molecule has 0 saturated heterocycles. The van der Waals surface area contributed by atoms with E-state index in [0.717, 1.165) is 16.9 Å². The molecule has 0 aliphatic heterocycles. The van der Waals surface area contributed by atoms with Crippen LogP contribution >= 0.6 is 11.3 Å². The molecule has 0 amide bonds. The Balaban J connectivity index is 2.75. The van der Waals surface area contributed by atoms with Crippen molar-refractivity contribution in [2.75, 3.05) is 0 Å². The van der Waals surface area contributed by atoms with Crippen LogP contribution in [0.2, 0.25) is 0 Å². The van der Waals surface area contributed by atoms with Crippen molar-refractivity contribution in [1.82, 2.24) is 0 Å². The standard InChI is InChI=1S/C10H8F2OS/c1-5-2-3-7(13)9-6(5)4-8(14-9)10(11)12/h2-4,10,13H,1H3. The molecular weight excluding hydrogens is 206 g/mol. The minimum Gasteiger partial charge on any atom is -0.506 e. The number of phenolic OH excluding ortho intramolecular Hbond substituents is 1. The van der Waals surface area contributed by atoms with Crippen LogP contribution in [-0.4, -0.2) is 5.11 Å². The van der Waals surface area contributed by atoms with Gasteiger partial charge in [0, 0.05) is 0 Å². The molecule has 1 aromatic heterocycles. The maximum atomic E-state index is 12.4. The van der Waals surface area contributed by atoms with Gasteiger partial charge in [0.15, 0.2) is 0 Å². The van der Waals surface area contributed by atoms with Crippen LogP contribution in [0.25, 0.3) is 10.1 Å². The van der Waals surface area contributed by atoms with Crippen molar-refractivity contribution < 1.29 is 13.9 Å². The van der Waals surface area contributed by atoms with Crippen molar-refractivity contribution in [3.63, 3.8) is 0 Å². The Kier molecular flexibility index (Phi) is 2.15. The smallest absolute Gasteiger partial charge is 0.272 e. The van der Waals surface area contributed by atoms with Crippen molar-refractivity contribution in [3.8, 4) is 5.75 Å². The van der Waals surface area contributed by atoms with Crippen LogP contribution in [0.4, 0.5) is 8.78 Å². The molecule has 0 spiro atoms. The van der Waals surface area contributed by atoms with E-state index in [1.807, 2.05) is 6.92 Å². The zero-order valence-electron chi connectivity index (χ0n) is 7.42. The molecule has 0 saturated carbocycles. The summed E-state index contributed by atoms with van der Waals surface area (Å²) < 4.78 is 25.3. The second-order valence-corrected chi connectivity index (χ2v) is 4.18. The Morgan fingerprint density at radius 3 is 2.64 bits per heavy atom. The highest BCUT2D eigenvalue weighted by molar-refractivity contribution is 7.19. The average molecular weight is 214 g/mol. The second kappa shape index (κ2) is 3.20. The molecule has 4 heteroatoms. The first-order valence-electron chi connectivity index (χ1n) is 4.09. The topological polar surface area (TPSA) is 20.2 Å². The zero-order chi connectivity index (χ0) is 10.3. The number of fused-ring (bicyclic) bond motifs is 1. The predicted octanol–water partition coefficient (Wildman–Crippen LogP) is 3.85. The predicted molar refractivity (Wildman–Crippen MR) is 53.2 cm³/mol. The molecule has 1 nitrogen and oxygen atoms in total. The Labute approximate surface area is 83.6 Å². The van der Waals surface area contributed by atoms with Gasteiger partial charge in [-0.3, -0.25) is 0 Å². The third-order valence-electron chi connectivity index (χ3n) is 2.11. The molecule has 0 aliphatic rings. The van der Waals surface area contributed by atoms with Gasteiger partial charge in [-0.1, -0.05) is 6.07 Å². The fraction of sp³-hybridized carbons (Fsp3) is 0.200. The summed E-state index contributed by atoms with van der Waals surface area (Å²) in [7, 11) is 0. The summed E-state index contributed by atoms with van der Waals surface area (Å²) in [5.74, 6) is 0.0718. The highest BCUT2D eigenvalue weighted by Crippen LogP contribution is 2.38. The summed E-state index contributed by atoms with van der Waals surface area (Å²) in [6.07, 6.45) is -2.47. The summed E-state index contributed by atoms with van der Waals surface area (Å²) in [5.41, 5.74) is 0.904. The van der Waals surface area contributed by atoms with Crippen LogP contribution < -0.4 is 0 Å². The maximum Gasteiger partial charge on any atom is 0.272 e. The van der Waals surface area contributed by atoms with Crippen LogP contribution in [0, 0.1) is 6.92 Å². The van der Waals surface area contributed by atoms with Gasteiger partial charge >= 0.3 is 0 Å². The van der Waals surface area contributed by atoms with Gasteiger partial charge in [-0.05, 0) is 30.0 Å². The lowest BCUT2D eigenvalue weighted by molar-refractivity contribution is 0.156. The fourth-order valence-electron chi connectivity index (χ4n) is 1.37. The summed E-state index contributed by atoms with van der Waals surface area (Å²) >= 11 is 0.946. The Morgan fingerprint density at radius 2 is 2.07 bits per heavy atom. The highest BCUT2D eigenvalue weighted by Gasteiger charge is 2.14. The molecule has 14 heavy (non-hydrogen) atoms. The third-order valence-corrected chi connectivity index (χ3v) is 3.28. The van der Waals surface area contributed by atoms with E-state index in [9.17, 15) is 13.9 Å². The minimum atomic E-state index is -2.47. The van der Waals surface area contributed by atoms with Crippen LogP contribution in [0.3, 0.4) is 0 Å². The van der Waals surface area contributed by atoms with Gasteiger partial charge in [-0.15, -0.1) is 11.3 Å². The highest BCUT2D eigenvalue weighted by atomic mass is 32.1. The van der Waals surface area contributed by atoms with Gasteiger partial charge in [0.1, 0.15) is 5.75 Å². The van der Waals surface area contributed by atoms with E-state index >= 15 is 0 Å². The van der Waals surface area contributed by atoms with E-state index in [-0.39, 0.29) is 10.6 Å². The van der Waals surface area contributed by atoms with Gasteiger partial charge in [0.05, 0.1) is 9.58 Å².